The predicted molar refractivity (Wildman–Crippen MR) is 53.9 cm³/mol. The average Bonchev–Trinajstić information content (AvgIpc) is 2.47. The Bertz CT molecular complexity index is 450. The van der Waals surface area contributed by atoms with Gasteiger partial charge in [0.15, 0.2) is 0 Å². The molecule has 72 valence electrons. The van der Waals surface area contributed by atoms with E-state index in [4.69, 9.17) is 0 Å². The summed E-state index contributed by atoms with van der Waals surface area (Å²) < 4.78 is 12.6. The van der Waals surface area contributed by atoms with Crippen LogP contribution < -0.4 is 0 Å². The van der Waals surface area contributed by atoms with Crippen LogP contribution in [0.2, 0.25) is 0 Å². The van der Waals surface area contributed by atoms with Crippen molar-refractivity contribution in [2.75, 3.05) is 0 Å². The zero-order valence-electron chi connectivity index (χ0n) is 7.49. The number of aromatic hydroxyl groups is 1. The maximum atomic E-state index is 12.6. The Balaban J connectivity index is 2.49. The topological polar surface area (TPSA) is 33.1 Å². The monoisotopic (exact) mass is 209 g/mol. The van der Waals surface area contributed by atoms with Gasteiger partial charge < -0.3 is 5.11 Å². The van der Waals surface area contributed by atoms with Crippen LogP contribution in [0, 0.1) is 12.7 Å². The molecule has 1 N–H and O–H groups in total. The first-order chi connectivity index (χ1) is 6.66. The summed E-state index contributed by atoms with van der Waals surface area (Å²) in [5.41, 5.74) is 0.787. The summed E-state index contributed by atoms with van der Waals surface area (Å²) in [6.45, 7) is 1.82. The van der Waals surface area contributed by atoms with Crippen molar-refractivity contribution in [1.82, 2.24) is 4.98 Å². The van der Waals surface area contributed by atoms with Gasteiger partial charge in [0.25, 0.3) is 0 Å². The highest BCUT2D eigenvalue weighted by Gasteiger charge is 2.09. The molecular weight excluding hydrogens is 201 g/mol. The molecule has 0 unspecified atom stereocenters. The first-order valence-electron chi connectivity index (χ1n) is 4.09. The fourth-order valence-electron chi connectivity index (χ4n) is 1.21. The fraction of sp³-hybridized carbons (Fsp3) is 0.100. The summed E-state index contributed by atoms with van der Waals surface area (Å²) in [4.78, 5) is 4.57. The van der Waals surface area contributed by atoms with Gasteiger partial charge in [0.1, 0.15) is 5.82 Å². The van der Waals surface area contributed by atoms with E-state index in [2.05, 4.69) is 4.98 Å². The van der Waals surface area contributed by atoms with E-state index in [9.17, 15) is 9.50 Å². The number of aryl methyl sites for hydroxylation is 1. The van der Waals surface area contributed by atoms with E-state index in [0.29, 0.717) is 4.88 Å². The molecule has 0 aliphatic carbocycles. The van der Waals surface area contributed by atoms with Crippen molar-refractivity contribution in [2.45, 2.75) is 6.92 Å². The van der Waals surface area contributed by atoms with E-state index >= 15 is 0 Å². The molecule has 1 aromatic carbocycles. The Morgan fingerprint density at radius 1 is 1.29 bits per heavy atom. The highest BCUT2D eigenvalue weighted by molar-refractivity contribution is 7.15. The van der Waals surface area contributed by atoms with E-state index < -0.39 is 0 Å². The summed E-state index contributed by atoms with van der Waals surface area (Å²) in [5.74, 6) is -0.270. The minimum absolute atomic E-state index is 0.0131. The number of hydrogen-bond donors (Lipinski definition) is 1. The van der Waals surface area contributed by atoms with Crippen molar-refractivity contribution in [3.63, 3.8) is 0 Å². The summed E-state index contributed by atoms with van der Waals surface area (Å²) in [6, 6.07) is 5.98. The van der Waals surface area contributed by atoms with Crippen molar-refractivity contribution in [2.24, 2.45) is 0 Å². The quantitative estimate of drug-likeness (QED) is 0.783. The molecule has 0 spiro atoms. The molecule has 0 aliphatic heterocycles. The molecule has 2 rings (SSSR count). The zero-order chi connectivity index (χ0) is 10.1. The van der Waals surface area contributed by atoms with Crippen molar-refractivity contribution in [3.05, 3.63) is 35.1 Å². The SMILES string of the molecule is Cc1nc(O)c(-c2ccc(F)cc2)s1. The number of benzene rings is 1. The number of nitrogens with zero attached hydrogens (tertiary/aromatic N) is 1. The molecule has 1 aromatic heterocycles. The molecule has 0 aliphatic rings. The van der Waals surface area contributed by atoms with E-state index in [-0.39, 0.29) is 11.7 Å². The Morgan fingerprint density at radius 3 is 2.43 bits per heavy atom. The van der Waals surface area contributed by atoms with Crippen LogP contribution in [-0.2, 0) is 0 Å². The number of aromatic nitrogens is 1. The lowest BCUT2D eigenvalue weighted by molar-refractivity contribution is 0.458. The predicted octanol–water partition coefficient (Wildman–Crippen LogP) is 2.96. The maximum absolute atomic E-state index is 12.6. The second kappa shape index (κ2) is 3.38. The van der Waals surface area contributed by atoms with Crippen LogP contribution in [0.3, 0.4) is 0 Å². The van der Waals surface area contributed by atoms with Gasteiger partial charge in [-0.05, 0) is 24.6 Å². The Kier molecular flexibility index (Phi) is 2.21. The zero-order valence-corrected chi connectivity index (χ0v) is 8.31. The first-order valence-corrected chi connectivity index (χ1v) is 4.91. The summed E-state index contributed by atoms with van der Waals surface area (Å²) in [5, 5.41) is 10.3. The highest BCUT2D eigenvalue weighted by Crippen LogP contribution is 2.34. The van der Waals surface area contributed by atoms with Crippen molar-refractivity contribution in [1.29, 1.82) is 0 Å². The van der Waals surface area contributed by atoms with E-state index in [1.54, 1.807) is 12.1 Å². The van der Waals surface area contributed by atoms with Crippen molar-refractivity contribution >= 4 is 11.3 Å². The summed E-state index contributed by atoms with van der Waals surface area (Å²) in [6.07, 6.45) is 0. The van der Waals surface area contributed by atoms with Crippen LogP contribution in [0.4, 0.5) is 4.39 Å². The van der Waals surface area contributed by atoms with Gasteiger partial charge in [-0.1, -0.05) is 12.1 Å². The van der Waals surface area contributed by atoms with Crippen LogP contribution in [0.25, 0.3) is 10.4 Å². The fourth-order valence-corrected chi connectivity index (χ4v) is 2.02. The molecule has 0 saturated heterocycles. The van der Waals surface area contributed by atoms with Gasteiger partial charge in [0.2, 0.25) is 5.88 Å². The number of halogens is 1. The normalized spacial score (nSPS) is 10.4. The maximum Gasteiger partial charge on any atom is 0.230 e. The minimum atomic E-state index is -0.283. The summed E-state index contributed by atoms with van der Waals surface area (Å²) in [7, 11) is 0. The minimum Gasteiger partial charge on any atom is -0.492 e. The van der Waals surface area contributed by atoms with Gasteiger partial charge in [0.05, 0.1) is 9.88 Å². The van der Waals surface area contributed by atoms with Crippen molar-refractivity contribution in [3.8, 4) is 16.3 Å². The second-order valence-electron chi connectivity index (χ2n) is 2.89. The van der Waals surface area contributed by atoms with Gasteiger partial charge in [-0.2, -0.15) is 0 Å². The highest BCUT2D eigenvalue weighted by atomic mass is 32.1. The second-order valence-corrected chi connectivity index (χ2v) is 4.10. The third kappa shape index (κ3) is 1.61. The smallest absolute Gasteiger partial charge is 0.230 e. The molecule has 14 heavy (non-hydrogen) atoms. The van der Waals surface area contributed by atoms with E-state index in [0.717, 1.165) is 10.6 Å². The molecule has 0 bridgehead atoms. The standard InChI is InChI=1S/C10H8FNOS/c1-6-12-10(13)9(14-6)7-2-4-8(11)5-3-7/h2-5,13H,1H3. The Morgan fingerprint density at radius 2 is 1.93 bits per heavy atom. The lowest BCUT2D eigenvalue weighted by Gasteiger charge is -1.96. The first kappa shape index (κ1) is 9.15. The molecule has 2 aromatic rings. The molecule has 0 fully saturated rings. The molecular formula is C10H8FNOS. The van der Waals surface area contributed by atoms with Crippen LogP contribution in [-0.4, -0.2) is 10.1 Å². The number of rotatable bonds is 1. The Labute approximate surface area is 84.7 Å². The van der Waals surface area contributed by atoms with Gasteiger partial charge in [-0.15, -0.1) is 11.3 Å². The third-order valence-electron chi connectivity index (χ3n) is 1.82. The molecule has 0 amide bonds. The van der Waals surface area contributed by atoms with Gasteiger partial charge in [-0.25, -0.2) is 9.37 Å². The number of hydrogen-bond acceptors (Lipinski definition) is 3. The molecule has 0 radical (unpaired) electrons. The molecule has 2 nitrogen and oxygen atoms in total. The Hall–Kier alpha value is -1.42. The van der Waals surface area contributed by atoms with Gasteiger partial charge in [-0.3, -0.25) is 0 Å². The van der Waals surface area contributed by atoms with Gasteiger partial charge >= 0.3 is 0 Å². The third-order valence-corrected chi connectivity index (χ3v) is 2.83. The lowest BCUT2D eigenvalue weighted by atomic mass is 10.2. The van der Waals surface area contributed by atoms with E-state index in [1.807, 2.05) is 6.92 Å². The van der Waals surface area contributed by atoms with Crippen LogP contribution >= 0.6 is 11.3 Å². The van der Waals surface area contributed by atoms with Crippen molar-refractivity contribution < 1.29 is 9.50 Å². The molecule has 4 heteroatoms. The van der Waals surface area contributed by atoms with E-state index in [1.165, 1.54) is 23.5 Å². The molecule has 1 heterocycles. The van der Waals surface area contributed by atoms with Crippen LogP contribution in [0.15, 0.2) is 24.3 Å². The summed E-state index contributed by atoms with van der Waals surface area (Å²) >= 11 is 1.39. The average molecular weight is 209 g/mol. The van der Waals surface area contributed by atoms with Gasteiger partial charge in [0, 0.05) is 0 Å². The van der Waals surface area contributed by atoms with Crippen LogP contribution in [0.1, 0.15) is 5.01 Å². The number of thiazole rings is 1. The molecule has 0 atom stereocenters. The molecule has 0 saturated carbocycles. The largest absolute Gasteiger partial charge is 0.492 e. The lowest BCUT2D eigenvalue weighted by Crippen LogP contribution is -1.75. The van der Waals surface area contributed by atoms with Crippen LogP contribution in [0.5, 0.6) is 5.88 Å².